The Morgan fingerprint density at radius 2 is 1.88 bits per heavy atom. The van der Waals surface area contributed by atoms with Gasteiger partial charge in [-0.25, -0.2) is 0 Å². The van der Waals surface area contributed by atoms with Crippen molar-refractivity contribution < 1.29 is 9.47 Å². The molecule has 0 aliphatic rings. The van der Waals surface area contributed by atoms with Crippen LogP contribution in [0.5, 0.6) is 0 Å². The second-order valence-electron chi connectivity index (χ2n) is 4.00. The summed E-state index contributed by atoms with van der Waals surface area (Å²) in [5.74, 6) is 0.341. The molecule has 0 aliphatic heterocycles. The lowest BCUT2D eigenvalue weighted by Crippen LogP contribution is -2.37. The molecule has 0 heterocycles. The molecule has 1 unspecified atom stereocenters. The molecule has 0 aromatic heterocycles. The van der Waals surface area contributed by atoms with Crippen LogP contribution in [0.2, 0.25) is 0 Å². The number of methoxy groups -OCH3 is 2. The molecule has 5 heteroatoms. The van der Waals surface area contributed by atoms with Crippen LogP contribution in [0.3, 0.4) is 0 Å². The van der Waals surface area contributed by atoms with E-state index in [0.717, 1.165) is 32.7 Å². The maximum Gasteiger partial charge on any atom is 0.0947 e. The molecule has 0 saturated heterocycles. The number of nitrogens with one attached hydrogen (secondary N) is 1. The third kappa shape index (κ3) is 7.62. The van der Waals surface area contributed by atoms with Crippen molar-refractivity contribution in [3.63, 3.8) is 0 Å². The van der Waals surface area contributed by atoms with Gasteiger partial charge in [-0.15, -0.1) is 0 Å². The first-order valence-electron chi connectivity index (χ1n) is 5.66. The SMILES string of the molecule is COCCCN(CCOC)CC(C)C(=N)N. The number of ether oxygens (including phenoxy) is 2. The van der Waals surface area contributed by atoms with Crippen LogP contribution < -0.4 is 5.73 Å². The van der Waals surface area contributed by atoms with E-state index < -0.39 is 0 Å². The normalized spacial score (nSPS) is 13.0. The smallest absolute Gasteiger partial charge is 0.0947 e. The van der Waals surface area contributed by atoms with Crippen LogP contribution in [0, 0.1) is 11.3 Å². The van der Waals surface area contributed by atoms with E-state index in [1.165, 1.54) is 0 Å². The molecule has 0 aromatic carbocycles. The van der Waals surface area contributed by atoms with Crippen molar-refractivity contribution in [3.05, 3.63) is 0 Å². The first-order chi connectivity index (χ1) is 7.61. The van der Waals surface area contributed by atoms with E-state index in [-0.39, 0.29) is 11.8 Å². The molecule has 96 valence electrons. The molecule has 0 aromatic rings. The molecule has 0 rings (SSSR count). The molecular formula is C11H25N3O2. The molecule has 3 N–H and O–H groups in total. The van der Waals surface area contributed by atoms with Gasteiger partial charge >= 0.3 is 0 Å². The Hall–Kier alpha value is -0.650. The Morgan fingerprint density at radius 1 is 1.25 bits per heavy atom. The molecule has 16 heavy (non-hydrogen) atoms. The van der Waals surface area contributed by atoms with Gasteiger partial charge in [-0.1, -0.05) is 6.92 Å². The highest BCUT2D eigenvalue weighted by molar-refractivity contribution is 5.79. The zero-order valence-electron chi connectivity index (χ0n) is 10.7. The van der Waals surface area contributed by atoms with Crippen LogP contribution in [0.15, 0.2) is 0 Å². The molecule has 0 aliphatic carbocycles. The Kier molecular flexibility index (Phi) is 9.18. The fourth-order valence-electron chi connectivity index (χ4n) is 1.43. The minimum atomic E-state index is 0.0967. The molecule has 0 fully saturated rings. The summed E-state index contributed by atoms with van der Waals surface area (Å²) in [5.41, 5.74) is 5.47. The summed E-state index contributed by atoms with van der Waals surface area (Å²) in [6, 6.07) is 0. The average molecular weight is 231 g/mol. The topological polar surface area (TPSA) is 71.6 Å². The van der Waals surface area contributed by atoms with E-state index in [4.69, 9.17) is 20.6 Å². The summed E-state index contributed by atoms with van der Waals surface area (Å²) in [6.45, 7) is 6.07. The van der Waals surface area contributed by atoms with Gasteiger partial charge in [-0.05, 0) is 6.42 Å². The maximum absolute atomic E-state index is 7.38. The number of hydrogen-bond acceptors (Lipinski definition) is 4. The zero-order valence-corrected chi connectivity index (χ0v) is 10.7. The van der Waals surface area contributed by atoms with Gasteiger partial charge in [0.05, 0.1) is 12.4 Å². The van der Waals surface area contributed by atoms with Crippen LogP contribution in [-0.2, 0) is 9.47 Å². The van der Waals surface area contributed by atoms with Crippen LogP contribution in [0.1, 0.15) is 13.3 Å². The minimum Gasteiger partial charge on any atom is -0.387 e. The van der Waals surface area contributed by atoms with Crippen molar-refractivity contribution in [2.45, 2.75) is 13.3 Å². The molecule has 0 saturated carbocycles. The van der Waals surface area contributed by atoms with Crippen LogP contribution in [0.4, 0.5) is 0 Å². The van der Waals surface area contributed by atoms with E-state index in [1.807, 2.05) is 6.92 Å². The minimum absolute atomic E-state index is 0.0967. The number of nitrogens with two attached hydrogens (primary N) is 1. The lowest BCUT2D eigenvalue weighted by atomic mass is 10.1. The van der Waals surface area contributed by atoms with E-state index in [2.05, 4.69) is 4.90 Å². The van der Waals surface area contributed by atoms with Gasteiger partial charge in [0.15, 0.2) is 0 Å². The Bertz CT molecular complexity index is 188. The van der Waals surface area contributed by atoms with Gasteiger partial charge in [0.1, 0.15) is 0 Å². The predicted molar refractivity (Wildman–Crippen MR) is 65.9 cm³/mol. The van der Waals surface area contributed by atoms with E-state index in [9.17, 15) is 0 Å². The first-order valence-corrected chi connectivity index (χ1v) is 5.66. The third-order valence-corrected chi connectivity index (χ3v) is 2.50. The fourth-order valence-corrected chi connectivity index (χ4v) is 1.43. The van der Waals surface area contributed by atoms with Crippen LogP contribution >= 0.6 is 0 Å². The molecule has 1 atom stereocenters. The van der Waals surface area contributed by atoms with Crippen LogP contribution in [0.25, 0.3) is 0 Å². The zero-order chi connectivity index (χ0) is 12.4. The van der Waals surface area contributed by atoms with E-state index >= 15 is 0 Å². The van der Waals surface area contributed by atoms with Crippen molar-refractivity contribution in [2.24, 2.45) is 11.7 Å². The van der Waals surface area contributed by atoms with Gasteiger partial charge in [0.2, 0.25) is 0 Å². The molecule has 0 amide bonds. The maximum atomic E-state index is 7.38. The van der Waals surface area contributed by atoms with Gasteiger partial charge in [-0.2, -0.15) is 0 Å². The van der Waals surface area contributed by atoms with E-state index in [1.54, 1.807) is 14.2 Å². The Labute approximate surface area is 98.4 Å². The molecule has 0 bridgehead atoms. The second-order valence-corrected chi connectivity index (χ2v) is 4.00. The van der Waals surface area contributed by atoms with Crippen molar-refractivity contribution in [1.82, 2.24) is 4.90 Å². The van der Waals surface area contributed by atoms with Gasteiger partial charge in [-0.3, -0.25) is 5.41 Å². The Morgan fingerprint density at radius 3 is 2.38 bits per heavy atom. The van der Waals surface area contributed by atoms with Gasteiger partial charge in [0, 0.05) is 46.4 Å². The second kappa shape index (κ2) is 9.57. The summed E-state index contributed by atoms with van der Waals surface area (Å²) in [7, 11) is 3.40. The highest BCUT2D eigenvalue weighted by Gasteiger charge is 2.11. The Balaban J connectivity index is 3.93. The average Bonchev–Trinajstić information content (AvgIpc) is 2.25. The standard InChI is InChI=1S/C11H25N3O2/c1-10(11(12)13)9-14(6-8-16-3)5-4-7-15-2/h10H,4-9H2,1-3H3,(H3,12,13). The van der Waals surface area contributed by atoms with Crippen molar-refractivity contribution in [2.75, 3.05) is 47.1 Å². The molecule has 0 radical (unpaired) electrons. The van der Waals surface area contributed by atoms with Crippen molar-refractivity contribution >= 4 is 5.84 Å². The predicted octanol–water partition coefficient (Wildman–Crippen LogP) is 0.543. The van der Waals surface area contributed by atoms with Crippen molar-refractivity contribution in [1.29, 1.82) is 5.41 Å². The fraction of sp³-hybridized carbons (Fsp3) is 0.909. The lowest BCUT2D eigenvalue weighted by Gasteiger charge is -2.24. The number of amidine groups is 1. The number of hydrogen-bond donors (Lipinski definition) is 2. The molecule has 0 spiro atoms. The summed E-state index contributed by atoms with van der Waals surface area (Å²) in [6.07, 6.45) is 0.991. The molecular weight excluding hydrogens is 206 g/mol. The first kappa shape index (κ1) is 15.3. The monoisotopic (exact) mass is 231 g/mol. The van der Waals surface area contributed by atoms with Crippen molar-refractivity contribution in [3.8, 4) is 0 Å². The summed E-state index contributed by atoms with van der Waals surface area (Å²) >= 11 is 0. The van der Waals surface area contributed by atoms with Crippen LogP contribution in [-0.4, -0.2) is 57.8 Å². The van der Waals surface area contributed by atoms with E-state index in [0.29, 0.717) is 6.61 Å². The summed E-state index contributed by atoms with van der Waals surface area (Å²) in [4.78, 5) is 2.26. The van der Waals surface area contributed by atoms with Gasteiger partial charge in [0.25, 0.3) is 0 Å². The largest absolute Gasteiger partial charge is 0.387 e. The number of nitrogens with zero attached hydrogens (tertiary/aromatic N) is 1. The lowest BCUT2D eigenvalue weighted by molar-refractivity contribution is 0.129. The summed E-state index contributed by atoms with van der Waals surface area (Å²) in [5, 5.41) is 7.38. The molecule has 5 nitrogen and oxygen atoms in total. The number of rotatable bonds is 10. The highest BCUT2D eigenvalue weighted by Crippen LogP contribution is 2.01. The summed E-state index contributed by atoms with van der Waals surface area (Å²) < 4.78 is 10.1. The quantitative estimate of drug-likeness (QED) is 0.327. The highest BCUT2D eigenvalue weighted by atomic mass is 16.5. The van der Waals surface area contributed by atoms with Gasteiger partial charge < -0.3 is 20.1 Å². The third-order valence-electron chi connectivity index (χ3n) is 2.50.